The maximum absolute atomic E-state index is 12.2. The zero-order valence-corrected chi connectivity index (χ0v) is 16.3. The van der Waals surface area contributed by atoms with Gasteiger partial charge in [-0.05, 0) is 55.0 Å². The standard InChI is InChI=1S/C18H18BrN3O2S/c1-3-16(23)20-14-8-5-9-15(11(14)2)21-18(25)22-17(24)12-6-4-7-13(19)10-12/h4-10H,3H2,1-2H3,(H,20,23)(H2,21,22,24,25). The van der Waals surface area contributed by atoms with E-state index in [0.29, 0.717) is 23.4 Å². The predicted molar refractivity (Wildman–Crippen MR) is 108 cm³/mol. The van der Waals surface area contributed by atoms with E-state index in [1.165, 1.54) is 0 Å². The van der Waals surface area contributed by atoms with Gasteiger partial charge >= 0.3 is 0 Å². The van der Waals surface area contributed by atoms with Crippen LogP contribution in [0.25, 0.3) is 0 Å². The second-order valence-corrected chi connectivity index (χ2v) is 6.62. The van der Waals surface area contributed by atoms with Gasteiger partial charge in [-0.15, -0.1) is 0 Å². The van der Waals surface area contributed by atoms with Crippen LogP contribution >= 0.6 is 28.1 Å². The molecule has 0 spiro atoms. The molecule has 130 valence electrons. The summed E-state index contributed by atoms with van der Waals surface area (Å²) in [5, 5.41) is 8.66. The number of benzene rings is 2. The van der Waals surface area contributed by atoms with Gasteiger partial charge in [0.2, 0.25) is 5.91 Å². The molecule has 0 aliphatic rings. The Morgan fingerprint density at radius 2 is 1.72 bits per heavy atom. The van der Waals surface area contributed by atoms with E-state index in [0.717, 1.165) is 10.0 Å². The molecule has 0 aromatic heterocycles. The van der Waals surface area contributed by atoms with Crippen molar-refractivity contribution in [3.05, 3.63) is 58.1 Å². The second-order valence-electron chi connectivity index (χ2n) is 5.30. The maximum Gasteiger partial charge on any atom is 0.257 e. The Bertz CT molecular complexity index is 824. The lowest BCUT2D eigenvalue weighted by atomic mass is 10.1. The fourth-order valence-corrected chi connectivity index (χ4v) is 2.71. The van der Waals surface area contributed by atoms with Crippen LogP contribution in [-0.4, -0.2) is 16.9 Å². The third-order valence-electron chi connectivity index (χ3n) is 3.49. The molecule has 0 saturated carbocycles. The van der Waals surface area contributed by atoms with Crippen LogP contribution in [0.4, 0.5) is 11.4 Å². The number of hydrogen-bond acceptors (Lipinski definition) is 3. The van der Waals surface area contributed by atoms with Gasteiger partial charge in [0.05, 0.1) is 0 Å². The molecule has 0 radical (unpaired) electrons. The van der Waals surface area contributed by atoms with Crippen molar-refractivity contribution >= 4 is 56.4 Å². The summed E-state index contributed by atoms with van der Waals surface area (Å²) in [5.74, 6) is -0.363. The Morgan fingerprint density at radius 3 is 2.36 bits per heavy atom. The van der Waals surface area contributed by atoms with E-state index >= 15 is 0 Å². The maximum atomic E-state index is 12.2. The second kappa shape index (κ2) is 8.73. The SMILES string of the molecule is CCC(=O)Nc1cccc(NC(=S)NC(=O)c2cccc(Br)c2)c1C. The van der Waals surface area contributed by atoms with Crippen molar-refractivity contribution in [3.63, 3.8) is 0 Å². The van der Waals surface area contributed by atoms with Gasteiger partial charge in [-0.2, -0.15) is 0 Å². The third-order valence-corrected chi connectivity index (χ3v) is 4.19. The topological polar surface area (TPSA) is 70.2 Å². The molecule has 0 saturated heterocycles. The van der Waals surface area contributed by atoms with E-state index < -0.39 is 0 Å². The zero-order chi connectivity index (χ0) is 18.4. The van der Waals surface area contributed by atoms with Crippen molar-refractivity contribution in [2.45, 2.75) is 20.3 Å². The summed E-state index contributed by atoms with van der Waals surface area (Å²) < 4.78 is 0.814. The van der Waals surface area contributed by atoms with Gasteiger partial charge in [-0.3, -0.25) is 14.9 Å². The molecule has 0 bridgehead atoms. The first-order chi connectivity index (χ1) is 11.9. The van der Waals surface area contributed by atoms with Crippen LogP contribution in [0.1, 0.15) is 29.3 Å². The van der Waals surface area contributed by atoms with E-state index in [9.17, 15) is 9.59 Å². The van der Waals surface area contributed by atoms with Crippen LogP contribution in [0, 0.1) is 6.92 Å². The summed E-state index contributed by atoms with van der Waals surface area (Å²) in [6.45, 7) is 3.66. The van der Waals surface area contributed by atoms with Gasteiger partial charge in [-0.25, -0.2) is 0 Å². The zero-order valence-electron chi connectivity index (χ0n) is 13.9. The Hall–Kier alpha value is -2.25. The summed E-state index contributed by atoms with van der Waals surface area (Å²) in [6, 6.07) is 12.5. The Labute approximate surface area is 160 Å². The highest BCUT2D eigenvalue weighted by Crippen LogP contribution is 2.23. The lowest BCUT2D eigenvalue weighted by molar-refractivity contribution is -0.115. The lowest BCUT2D eigenvalue weighted by Gasteiger charge is -2.15. The van der Waals surface area contributed by atoms with Crippen LogP contribution < -0.4 is 16.0 Å². The molecule has 25 heavy (non-hydrogen) atoms. The largest absolute Gasteiger partial charge is 0.332 e. The number of rotatable bonds is 4. The van der Waals surface area contributed by atoms with E-state index in [1.807, 2.05) is 25.1 Å². The summed E-state index contributed by atoms with van der Waals surface area (Å²) in [4.78, 5) is 23.8. The number of carbonyl (C=O) groups excluding carboxylic acids is 2. The van der Waals surface area contributed by atoms with Crippen LogP contribution in [0.3, 0.4) is 0 Å². The molecular weight excluding hydrogens is 402 g/mol. The van der Waals surface area contributed by atoms with Gasteiger partial charge in [0, 0.05) is 27.8 Å². The molecule has 5 nitrogen and oxygen atoms in total. The number of thiocarbonyl (C=S) groups is 1. The van der Waals surface area contributed by atoms with Crippen LogP contribution in [0.5, 0.6) is 0 Å². The minimum Gasteiger partial charge on any atom is -0.332 e. The molecule has 0 fully saturated rings. The number of halogens is 1. The molecule has 2 amide bonds. The van der Waals surface area contributed by atoms with E-state index in [-0.39, 0.29) is 16.9 Å². The Kier molecular flexibility index (Phi) is 6.66. The van der Waals surface area contributed by atoms with Crippen LogP contribution in [-0.2, 0) is 4.79 Å². The van der Waals surface area contributed by atoms with Gasteiger partial charge in [0.1, 0.15) is 0 Å². The molecule has 2 aromatic rings. The molecule has 0 aliphatic carbocycles. The summed E-state index contributed by atoms with van der Waals surface area (Å²) in [5.41, 5.74) is 2.76. The van der Waals surface area contributed by atoms with Crippen molar-refractivity contribution in [3.8, 4) is 0 Å². The molecule has 7 heteroatoms. The number of amides is 2. The highest BCUT2D eigenvalue weighted by Gasteiger charge is 2.11. The average molecular weight is 420 g/mol. The van der Waals surface area contributed by atoms with Crippen molar-refractivity contribution in [1.29, 1.82) is 0 Å². The quantitative estimate of drug-likeness (QED) is 0.648. The molecule has 0 unspecified atom stereocenters. The molecule has 2 rings (SSSR count). The van der Waals surface area contributed by atoms with E-state index in [4.69, 9.17) is 12.2 Å². The molecule has 0 heterocycles. The normalized spacial score (nSPS) is 10.0. The molecule has 3 N–H and O–H groups in total. The van der Waals surface area contributed by atoms with Crippen molar-refractivity contribution < 1.29 is 9.59 Å². The van der Waals surface area contributed by atoms with Gasteiger partial charge < -0.3 is 10.6 Å². The minimum atomic E-state index is -0.299. The predicted octanol–water partition coefficient (Wildman–Crippen LogP) is 4.23. The highest BCUT2D eigenvalue weighted by molar-refractivity contribution is 9.10. The summed E-state index contributed by atoms with van der Waals surface area (Å²) >= 11 is 8.55. The highest BCUT2D eigenvalue weighted by atomic mass is 79.9. The minimum absolute atomic E-state index is 0.0641. The summed E-state index contributed by atoms with van der Waals surface area (Å²) in [7, 11) is 0. The van der Waals surface area contributed by atoms with Crippen molar-refractivity contribution in [2.24, 2.45) is 0 Å². The molecule has 0 aliphatic heterocycles. The van der Waals surface area contributed by atoms with Gasteiger partial charge in [0.25, 0.3) is 5.91 Å². The molecule has 0 atom stereocenters. The van der Waals surface area contributed by atoms with Gasteiger partial charge in [-0.1, -0.05) is 35.0 Å². The average Bonchev–Trinajstić information content (AvgIpc) is 2.58. The van der Waals surface area contributed by atoms with Crippen molar-refractivity contribution in [2.75, 3.05) is 10.6 Å². The van der Waals surface area contributed by atoms with E-state index in [2.05, 4.69) is 31.9 Å². The van der Waals surface area contributed by atoms with Crippen molar-refractivity contribution in [1.82, 2.24) is 5.32 Å². The third kappa shape index (κ3) is 5.37. The fraction of sp³-hybridized carbons (Fsp3) is 0.167. The first-order valence-corrected chi connectivity index (χ1v) is 8.88. The monoisotopic (exact) mass is 419 g/mol. The van der Waals surface area contributed by atoms with Crippen LogP contribution in [0.15, 0.2) is 46.9 Å². The van der Waals surface area contributed by atoms with Gasteiger partial charge in [0.15, 0.2) is 5.11 Å². The number of anilines is 2. The molecular formula is C18H18BrN3O2S. The summed E-state index contributed by atoms with van der Waals surface area (Å²) in [6.07, 6.45) is 0.401. The molecule has 2 aromatic carbocycles. The first-order valence-electron chi connectivity index (χ1n) is 7.68. The number of hydrogen-bond donors (Lipinski definition) is 3. The van der Waals surface area contributed by atoms with Crippen LogP contribution in [0.2, 0.25) is 0 Å². The Balaban J connectivity index is 2.06. The lowest BCUT2D eigenvalue weighted by Crippen LogP contribution is -2.34. The first kappa shape index (κ1) is 19.1. The number of nitrogens with one attached hydrogen (secondary N) is 3. The van der Waals surface area contributed by atoms with E-state index in [1.54, 1.807) is 31.2 Å². The number of carbonyl (C=O) groups is 2. The fourth-order valence-electron chi connectivity index (χ4n) is 2.10. The smallest absolute Gasteiger partial charge is 0.257 e. The Morgan fingerprint density at radius 1 is 1.08 bits per heavy atom.